The molecule has 116 valence electrons. The Morgan fingerprint density at radius 2 is 2.14 bits per heavy atom. The van der Waals surface area contributed by atoms with Crippen molar-refractivity contribution in [2.24, 2.45) is 0 Å². The Bertz CT molecular complexity index is 496. The quantitative estimate of drug-likeness (QED) is 0.759. The zero-order valence-electron chi connectivity index (χ0n) is 12.8. The Hall–Kier alpha value is -1.88. The van der Waals surface area contributed by atoms with Crippen LogP contribution in [0.3, 0.4) is 0 Å². The van der Waals surface area contributed by atoms with Gasteiger partial charge in [0.25, 0.3) is 5.91 Å². The molecule has 0 atom stereocenters. The molecule has 21 heavy (non-hydrogen) atoms. The number of carbonyl (C=O) groups is 1. The third-order valence-electron chi connectivity index (χ3n) is 2.65. The maximum absolute atomic E-state index is 13.9. The molecule has 1 aromatic rings. The first-order chi connectivity index (χ1) is 9.83. The van der Waals surface area contributed by atoms with E-state index in [2.05, 4.69) is 17.2 Å². The van der Waals surface area contributed by atoms with Crippen LogP contribution in [0.4, 0.5) is 4.39 Å². The van der Waals surface area contributed by atoms with Crippen LogP contribution in [0.25, 0.3) is 0 Å². The Kier molecular flexibility index (Phi) is 6.37. The standard InChI is InChI=1S/C16H23FN2O2/c1-5-9-18-14(20)11-21-15-12(7-6-8-13(15)17)10-19-16(2,3)4/h5-8,19H,1,9-11H2,2-4H3,(H,18,20). The van der Waals surface area contributed by atoms with Gasteiger partial charge >= 0.3 is 0 Å². The van der Waals surface area contributed by atoms with E-state index in [9.17, 15) is 9.18 Å². The van der Waals surface area contributed by atoms with Crippen molar-refractivity contribution < 1.29 is 13.9 Å². The Balaban J connectivity index is 2.71. The summed E-state index contributed by atoms with van der Waals surface area (Å²) in [5, 5.41) is 5.84. The molecule has 4 nitrogen and oxygen atoms in total. The molecule has 1 rings (SSSR count). The monoisotopic (exact) mass is 294 g/mol. The summed E-state index contributed by atoms with van der Waals surface area (Å²) in [6.45, 7) is 10.2. The minimum Gasteiger partial charge on any atom is -0.480 e. The summed E-state index contributed by atoms with van der Waals surface area (Å²) in [4.78, 5) is 11.5. The molecular formula is C16H23FN2O2. The second-order valence-corrected chi connectivity index (χ2v) is 5.71. The molecule has 5 heteroatoms. The molecule has 0 unspecified atom stereocenters. The molecule has 1 aromatic carbocycles. The molecule has 0 aliphatic carbocycles. The van der Waals surface area contributed by atoms with Crippen molar-refractivity contribution in [3.8, 4) is 5.75 Å². The molecular weight excluding hydrogens is 271 g/mol. The molecule has 0 bridgehead atoms. The van der Waals surface area contributed by atoms with Gasteiger partial charge in [0.1, 0.15) is 0 Å². The van der Waals surface area contributed by atoms with Crippen LogP contribution in [0.5, 0.6) is 5.75 Å². The topological polar surface area (TPSA) is 50.4 Å². The van der Waals surface area contributed by atoms with Crippen molar-refractivity contribution in [3.05, 3.63) is 42.2 Å². The second kappa shape index (κ2) is 7.78. The number of halogens is 1. The van der Waals surface area contributed by atoms with Crippen LogP contribution < -0.4 is 15.4 Å². The van der Waals surface area contributed by atoms with Crippen molar-refractivity contribution in [1.82, 2.24) is 10.6 Å². The zero-order valence-corrected chi connectivity index (χ0v) is 12.8. The summed E-state index contributed by atoms with van der Waals surface area (Å²) in [5.41, 5.74) is 0.590. The number of hydrogen-bond donors (Lipinski definition) is 2. The van der Waals surface area contributed by atoms with Gasteiger partial charge in [-0.1, -0.05) is 18.2 Å². The molecule has 0 saturated heterocycles. The van der Waals surface area contributed by atoms with Crippen LogP contribution in [0.1, 0.15) is 26.3 Å². The Morgan fingerprint density at radius 3 is 2.76 bits per heavy atom. The molecule has 0 saturated carbocycles. The number of ether oxygens (including phenoxy) is 1. The largest absolute Gasteiger partial charge is 0.480 e. The van der Waals surface area contributed by atoms with Gasteiger partial charge < -0.3 is 15.4 Å². The van der Waals surface area contributed by atoms with E-state index in [1.165, 1.54) is 6.07 Å². The summed E-state index contributed by atoms with van der Waals surface area (Å²) < 4.78 is 19.2. The lowest BCUT2D eigenvalue weighted by Gasteiger charge is -2.21. The number of amides is 1. The minimum atomic E-state index is -0.472. The van der Waals surface area contributed by atoms with E-state index in [-0.39, 0.29) is 23.8 Å². The number of nitrogens with one attached hydrogen (secondary N) is 2. The van der Waals surface area contributed by atoms with Crippen molar-refractivity contribution in [2.75, 3.05) is 13.2 Å². The maximum Gasteiger partial charge on any atom is 0.258 e. The van der Waals surface area contributed by atoms with Gasteiger partial charge in [0.05, 0.1) is 0 Å². The van der Waals surface area contributed by atoms with E-state index in [0.29, 0.717) is 18.7 Å². The number of hydrogen-bond acceptors (Lipinski definition) is 3. The van der Waals surface area contributed by atoms with Gasteiger partial charge in [-0.2, -0.15) is 0 Å². The first-order valence-electron chi connectivity index (χ1n) is 6.86. The number of carbonyl (C=O) groups excluding carboxylic acids is 1. The van der Waals surface area contributed by atoms with E-state index >= 15 is 0 Å². The summed E-state index contributed by atoms with van der Waals surface area (Å²) in [7, 11) is 0. The predicted octanol–water partition coefficient (Wildman–Crippen LogP) is 2.39. The highest BCUT2D eigenvalue weighted by molar-refractivity contribution is 5.77. The summed E-state index contributed by atoms with van der Waals surface area (Å²) in [5.74, 6) is -0.671. The molecule has 0 aliphatic heterocycles. The third kappa shape index (κ3) is 6.40. The second-order valence-electron chi connectivity index (χ2n) is 5.71. The first kappa shape index (κ1) is 17.2. The molecule has 0 fully saturated rings. The van der Waals surface area contributed by atoms with Gasteiger partial charge in [0.2, 0.25) is 0 Å². The van der Waals surface area contributed by atoms with Crippen LogP contribution >= 0.6 is 0 Å². The Labute approximate surface area is 125 Å². The average Bonchev–Trinajstić information content (AvgIpc) is 2.41. The lowest BCUT2D eigenvalue weighted by molar-refractivity contribution is -0.122. The average molecular weight is 294 g/mol. The van der Waals surface area contributed by atoms with Crippen LogP contribution in [0.2, 0.25) is 0 Å². The molecule has 2 N–H and O–H groups in total. The van der Waals surface area contributed by atoms with Crippen molar-refractivity contribution >= 4 is 5.91 Å². The lowest BCUT2D eigenvalue weighted by Crippen LogP contribution is -2.35. The summed E-state index contributed by atoms with van der Waals surface area (Å²) >= 11 is 0. The van der Waals surface area contributed by atoms with Crippen molar-refractivity contribution in [1.29, 1.82) is 0 Å². The number of para-hydroxylation sites is 1. The van der Waals surface area contributed by atoms with Gasteiger partial charge in [0.15, 0.2) is 18.2 Å². The number of benzene rings is 1. The summed E-state index contributed by atoms with van der Waals surface area (Å²) in [6, 6.07) is 4.72. The van der Waals surface area contributed by atoms with Gasteiger partial charge in [-0.15, -0.1) is 6.58 Å². The highest BCUT2D eigenvalue weighted by Gasteiger charge is 2.14. The van der Waals surface area contributed by atoms with E-state index < -0.39 is 5.82 Å². The minimum absolute atomic E-state index is 0.0923. The SMILES string of the molecule is C=CCNC(=O)COc1c(F)cccc1CNC(C)(C)C. The van der Waals surface area contributed by atoms with E-state index in [1.807, 2.05) is 20.8 Å². The van der Waals surface area contributed by atoms with Gasteiger partial charge in [0, 0.05) is 24.2 Å². The molecule has 0 heterocycles. The van der Waals surface area contributed by atoms with Crippen LogP contribution in [-0.2, 0) is 11.3 Å². The zero-order chi connectivity index (χ0) is 15.9. The molecule has 0 radical (unpaired) electrons. The van der Waals surface area contributed by atoms with Gasteiger partial charge in [-0.3, -0.25) is 4.79 Å². The number of rotatable bonds is 7. The highest BCUT2D eigenvalue weighted by atomic mass is 19.1. The smallest absolute Gasteiger partial charge is 0.258 e. The first-order valence-corrected chi connectivity index (χ1v) is 6.86. The van der Waals surface area contributed by atoms with E-state index in [4.69, 9.17) is 4.74 Å². The van der Waals surface area contributed by atoms with E-state index in [1.54, 1.807) is 18.2 Å². The highest BCUT2D eigenvalue weighted by Crippen LogP contribution is 2.23. The van der Waals surface area contributed by atoms with Crippen molar-refractivity contribution in [2.45, 2.75) is 32.9 Å². The Morgan fingerprint density at radius 1 is 1.43 bits per heavy atom. The molecule has 1 amide bonds. The molecule has 0 aromatic heterocycles. The van der Waals surface area contributed by atoms with Gasteiger partial charge in [-0.05, 0) is 26.8 Å². The summed E-state index contributed by atoms with van der Waals surface area (Å²) in [6.07, 6.45) is 1.57. The molecule has 0 aliphatic rings. The van der Waals surface area contributed by atoms with Crippen LogP contribution in [0.15, 0.2) is 30.9 Å². The lowest BCUT2D eigenvalue weighted by atomic mass is 10.1. The van der Waals surface area contributed by atoms with Gasteiger partial charge in [-0.25, -0.2) is 4.39 Å². The third-order valence-corrected chi connectivity index (χ3v) is 2.65. The van der Waals surface area contributed by atoms with Crippen molar-refractivity contribution in [3.63, 3.8) is 0 Å². The predicted molar refractivity (Wildman–Crippen MR) is 81.7 cm³/mol. The van der Waals surface area contributed by atoms with E-state index in [0.717, 1.165) is 0 Å². The normalized spacial score (nSPS) is 11.0. The molecule has 0 spiro atoms. The van der Waals surface area contributed by atoms with Crippen LogP contribution in [0, 0.1) is 5.82 Å². The fourth-order valence-corrected chi connectivity index (χ4v) is 1.59. The fourth-order valence-electron chi connectivity index (χ4n) is 1.59. The van der Waals surface area contributed by atoms with Crippen LogP contribution in [-0.4, -0.2) is 24.6 Å². The maximum atomic E-state index is 13.9. The fraction of sp³-hybridized carbons (Fsp3) is 0.438.